The lowest BCUT2D eigenvalue weighted by atomic mass is 10.0. The predicted molar refractivity (Wildman–Crippen MR) is 118 cm³/mol. The minimum atomic E-state index is -0.706. The molecule has 0 aliphatic carbocycles. The second-order valence-electron chi connectivity index (χ2n) is 6.88. The molecular weight excluding hydrogens is 394 g/mol. The van der Waals surface area contributed by atoms with Crippen molar-refractivity contribution in [3.8, 4) is 17.2 Å². The maximum Gasteiger partial charge on any atom is 0.312 e. The summed E-state index contributed by atoms with van der Waals surface area (Å²) >= 11 is 0. The predicted octanol–water partition coefficient (Wildman–Crippen LogP) is 3.90. The van der Waals surface area contributed by atoms with Gasteiger partial charge in [0.1, 0.15) is 17.2 Å². The van der Waals surface area contributed by atoms with Gasteiger partial charge in [0.25, 0.3) is 0 Å². The normalized spacial score (nSPS) is 11.3. The van der Waals surface area contributed by atoms with Crippen LogP contribution in [0, 0.1) is 0 Å². The number of para-hydroxylation sites is 1. The fraction of sp³-hybridized carbons (Fsp3) is 0.167. The molecule has 0 unspecified atom stereocenters. The zero-order valence-electron chi connectivity index (χ0n) is 17.2. The minimum absolute atomic E-state index is 0.0356. The van der Waals surface area contributed by atoms with E-state index in [1.165, 1.54) is 0 Å². The Bertz CT molecular complexity index is 1010. The zero-order valence-corrected chi connectivity index (χ0v) is 17.2. The van der Waals surface area contributed by atoms with E-state index in [1.807, 2.05) is 66.7 Å². The number of nitrogens with two attached hydrogens (primary N) is 1. The summed E-state index contributed by atoms with van der Waals surface area (Å²) in [5.41, 5.74) is 6.99. The number of rotatable bonds is 9. The first-order valence-corrected chi connectivity index (χ1v) is 9.82. The third kappa shape index (κ3) is 6.78. The fourth-order valence-electron chi connectivity index (χ4n) is 3.04. The van der Waals surface area contributed by atoms with Crippen LogP contribution in [0.15, 0.2) is 78.9 Å². The number of nitrogens with one attached hydrogen (secondary N) is 2. The molecule has 0 saturated heterocycles. The SMILES string of the molecule is COc1ccc(CNC(=O)C[C@@H](NC(N)=O)c2cccc(Oc3ccccc3)c2)cc1. The molecule has 0 fully saturated rings. The molecule has 3 amide bonds. The highest BCUT2D eigenvalue weighted by Crippen LogP contribution is 2.26. The van der Waals surface area contributed by atoms with Gasteiger partial charge in [-0.1, -0.05) is 42.5 Å². The standard InChI is InChI=1S/C24H25N3O4/c1-30-19-12-10-17(11-13-19)16-26-23(28)15-22(27-24(25)29)18-6-5-9-21(14-18)31-20-7-3-2-4-8-20/h2-14,22H,15-16H2,1H3,(H,26,28)(H3,25,27,29)/t22-/m1/s1. The summed E-state index contributed by atoms with van der Waals surface area (Å²) in [6.07, 6.45) is 0.0356. The van der Waals surface area contributed by atoms with Crippen LogP contribution >= 0.6 is 0 Å². The van der Waals surface area contributed by atoms with Crippen LogP contribution < -0.4 is 25.8 Å². The van der Waals surface area contributed by atoms with E-state index in [-0.39, 0.29) is 12.3 Å². The van der Waals surface area contributed by atoms with Gasteiger partial charge in [-0.3, -0.25) is 4.79 Å². The third-order valence-corrected chi connectivity index (χ3v) is 4.59. The number of hydrogen-bond acceptors (Lipinski definition) is 4. The van der Waals surface area contributed by atoms with Crippen molar-refractivity contribution in [2.45, 2.75) is 19.0 Å². The fourth-order valence-corrected chi connectivity index (χ4v) is 3.04. The number of amides is 3. The Labute approximate surface area is 181 Å². The molecule has 0 saturated carbocycles. The Morgan fingerprint density at radius 3 is 2.29 bits per heavy atom. The van der Waals surface area contributed by atoms with E-state index in [1.54, 1.807) is 19.2 Å². The highest BCUT2D eigenvalue weighted by Gasteiger charge is 2.18. The highest BCUT2D eigenvalue weighted by molar-refractivity contribution is 5.78. The average molecular weight is 419 g/mol. The third-order valence-electron chi connectivity index (χ3n) is 4.59. The number of urea groups is 1. The van der Waals surface area contributed by atoms with E-state index < -0.39 is 12.1 Å². The molecule has 7 heteroatoms. The van der Waals surface area contributed by atoms with Crippen LogP contribution in [0.3, 0.4) is 0 Å². The van der Waals surface area contributed by atoms with Crippen LogP contribution in [-0.4, -0.2) is 19.0 Å². The van der Waals surface area contributed by atoms with Crippen molar-refractivity contribution in [3.63, 3.8) is 0 Å². The second kappa shape index (κ2) is 10.7. The first-order chi connectivity index (χ1) is 15.0. The molecule has 160 valence electrons. The van der Waals surface area contributed by atoms with E-state index in [0.717, 1.165) is 11.3 Å². The Morgan fingerprint density at radius 1 is 0.903 bits per heavy atom. The average Bonchev–Trinajstić information content (AvgIpc) is 2.78. The summed E-state index contributed by atoms with van der Waals surface area (Å²) in [6.45, 7) is 0.364. The lowest BCUT2D eigenvalue weighted by Crippen LogP contribution is -2.36. The Kier molecular flexibility index (Phi) is 7.48. The van der Waals surface area contributed by atoms with Crippen LogP contribution in [0.2, 0.25) is 0 Å². The van der Waals surface area contributed by atoms with Crippen molar-refractivity contribution in [1.82, 2.24) is 10.6 Å². The van der Waals surface area contributed by atoms with Crippen molar-refractivity contribution in [2.24, 2.45) is 5.73 Å². The molecular formula is C24H25N3O4. The van der Waals surface area contributed by atoms with Gasteiger partial charge in [-0.05, 0) is 47.5 Å². The van der Waals surface area contributed by atoms with Crippen LogP contribution in [0.5, 0.6) is 17.2 Å². The maximum atomic E-state index is 12.5. The molecule has 3 aromatic rings. The lowest BCUT2D eigenvalue weighted by molar-refractivity contribution is -0.121. The number of ether oxygens (including phenoxy) is 2. The minimum Gasteiger partial charge on any atom is -0.497 e. The van der Waals surface area contributed by atoms with Crippen LogP contribution in [-0.2, 0) is 11.3 Å². The van der Waals surface area contributed by atoms with E-state index in [4.69, 9.17) is 15.2 Å². The summed E-state index contributed by atoms with van der Waals surface area (Å²) in [7, 11) is 1.60. The molecule has 0 heterocycles. The molecule has 0 aliphatic rings. The van der Waals surface area contributed by atoms with E-state index in [0.29, 0.717) is 23.6 Å². The van der Waals surface area contributed by atoms with Crippen LogP contribution in [0.1, 0.15) is 23.6 Å². The van der Waals surface area contributed by atoms with Crippen molar-refractivity contribution in [2.75, 3.05) is 7.11 Å². The van der Waals surface area contributed by atoms with Gasteiger partial charge >= 0.3 is 6.03 Å². The molecule has 3 aromatic carbocycles. The monoisotopic (exact) mass is 419 g/mol. The van der Waals surface area contributed by atoms with Gasteiger partial charge in [0.05, 0.1) is 19.6 Å². The van der Waals surface area contributed by atoms with E-state index in [9.17, 15) is 9.59 Å². The highest BCUT2D eigenvalue weighted by atomic mass is 16.5. The van der Waals surface area contributed by atoms with Gasteiger partial charge in [-0.2, -0.15) is 0 Å². The molecule has 31 heavy (non-hydrogen) atoms. The number of carbonyl (C=O) groups excluding carboxylic acids is 2. The largest absolute Gasteiger partial charge is 0.497 e. The first-order valence-electron chi connectivity index (χ1n) is 9.82. The number of benzene rings is 3. The smallest absolute Gasteiger partial charge is 0.312 e. The van der Waals surface area contributed by atoms with Crippen LogP contribution in [0.4, 0.5) is 4.79 Å². The zero-order chi connectivity index (χ0) is 22.1. The summed E-state index contributed by atoms with van der Waals surface area (Å²) in [6, 6.07) is 22.7. The van der Waals surface area contributed by atoms with Gasteiger partial charge in [0.2, 0.25) is 5.91 Å². The maximum absolute atomic E-state index is 12.5. The van der Waals surface area contributed by atoms with Gasteiger partial charge in [0, 0.05) is 6.54 Å². The van der Waals surface area contributed by atoms with Gasteiger partial charge in [-0.15, -0.1) is 0 Å². The molecule has 0 spiro atoms. The van der Waals surface area contributed by atoms with E-state index >= 15 is 0 Å². The van der Waals surface area contributed by atoms with Gasteiger partial charge < -0.3 is 25.8 Å². The van der Waals surface area contributed by atoms with Crippen molar-refractivity contribution in [3.05, 3.63) is 90.0 Å². The Morgan fingerprint density at radius 2 is 1.61 bits per heavy atom. The summed E-state index contributed by atoms with van der Waals surface area (Å²) in [4.78, 5) is 24.0. The number of primary amides is 1. The van der Waals surface area contributed by atoms with E-state index in [2.05, 4.69) is 10.6 Å². The summed E-state index contributed by atoms with van der Waals surface area (Å²) < 4.78 is 11.0. The van der Waals surface area contributed by atoms with Crippen molar-refractivity contribution < 1.29 is 19.1 Å². The number of methoxy groups -OCH3 is 1. The Hall–Kier alpha value is -4.00. The molecule has 7 nitrogen and oxygen atoms in total. The summed E-state index contributed by atoms with van der Waals surface area (Å²) in [5.74, 6) is 1.82. The molecule has 1 atom stereocenters. The second-order valence-corrected chi connectivity index (χ2v) is 6.88. The number of hydrogen-bond donors (Lipinski definition) is 3. The molecule has 0 aliphatic heterocycles. The summed E-state index contributed by atoms with van der Waals surface area (Å²) in [5, 5.41) is 5.50. The van der Waals surface area contributed by atoms with Gasteiger partial charge in [0.15, 0.2) is 0 Å². The van der Waals surface area contributed by atoms with Crippen molar-refractivity contribution in [1.29, 1.82) is 0 Å². The van der Waals surface area contributed by atoms with Gasteiger partial charge in [-0.25, -0.2) is 4.79 Å². The number of carbonyl (C=O) groups is 2. The molecule has 0 radical (unpaired) electrons. The topological polar surface area (TPSA) is 103 Å². The Balaban J connectivity index is 1.65. The van der Waals surface area contributed by atoms with Crippen LogP contribution in [0.25, 0.3) is 0 Å². The molecule has 0 bridgehead atoms. The molecule has 4 N–H and O–H groups in total. The lowest BCUT2D eigenvalue weighted by Gasteiger charge is -2.19. The van der Waals surface area contributed by atoms with Crippen molar-refractivity contribution >= 4 is 11.9 Å². The first kappa shape index (κ1) is 21.7. The quantitative estimate of drug-likeness (QED) is 0.489. The molecule has 0 aromatic heterocycles. The molecule has 3 rings (SSSR count).